The van der Waals surface area contributed by atoms with Gasteiger partial charge in [0.05, 0.1) is 22.7 Å². The Labute approximate surface area is 170 Å². The largest absolute Gasteiger partial charge is 0.324 e. The van der Waals surface area contributed by atoms with E-state index in [-0.39, 0.29) is 23.7 Å². The van der Waals surface area contributed by atoms with Crippen LogP contribution in [0.5, 0.6) is 0 Å². The second-order valence-corrected chi connectivity index (χ2v) is 8.18. The maximum Gasteiger partial charge on any atom is 0.323 e. The SMILES string of the molecule is O=C(Cn1cnc2scc(-c3cccs3)c2c1=O)Nc1ccc2[nH]c(=O)[nH]c2c1. The third-order valence-corrected chi connectivity index (χ3v) is 6.25. The predicted octanol–water partition coefficient (Wildman–Crippen LogP) is 2.99. The zero-order valence-electron chi connectivity index (χ0n) is 14.8. The summed E-state index contributed by atoms with van der Waals surface area (Å²) in [5.41, 5.74) is 2.04. The minimum atomic E-state index is -0.363. The number of rotatable bonds is 4. The molecule has 0 aliphatic rings. The number of carbonyl (C=O) groups excluding carboxylic acids is 1. The molecule has 0 aliphatic heterocycles. The van der Waals surface area contributed by atoms with E-state index >= 15 is 0 Å². The highest BCUT2D eigenvalue weighted by Gasteiger charge is 2.15. The molecule has 0 spiro atoms. The van der Waals surface area contributed by atoms with E-state index in [1.807, 2.05) is 22.9 Å². The zero-order chi connectivity index (χ0) is 20.0. The molecule has 0 radical (unpaired) electrons. The number of imidazole rings is 1. The highest BCUT2D eigenvalue weighted by molar-refractivity contribution is 7.18. The molecular weight excluding hydrogens is 410 g/mol. The van der Waals surface area contributed by atoms with Crippen LogP contribution in [0, 0.1) is 0 Å². The van der Waals surface area contributed by atoms with Crippen molar-refractivity contribution in [1.82, 2.24) is 19.5 Å². The predicted molar refractivity (Wildman–Crippen MR) is 115 cm³/mol. The normalized spacial score (nSPS) is 11.3. The molecule has 5 aromatic rings. The van der Waals surface area contributed by atoms with Gasteiger partial charge in [0.2, 0.25) is 5.91 Å². The second-order valence-electron chi connectivity index (χ2n) is 6.37. The number of fused-ring (bicyclic) bond motifs is 2. The van der Waals surface area contributed by atoms with Crippen molar-refractivity contribution in [3.8, 4) is 10.4 Å². The highest BCUT2D eigenvalue weighted by atomic mass is 32.1. The van der Waals surface area contributed by atoms with Crippen LogP contribution >= 0.6 is 22.7 Å². The van der Waals surface area contributed by atoms with Crippen LogP contribution in [0.2, 0.25) is 0 Å². The minimum absolute atomic E-state index is 0.163. The summed E-state index contributed by atoms with van der Waals surface area (Å²) >= 11 is 2.96. The first-order valence-electron chi connectivity index (χ1n) is 8.61. The van der Waals surface area contributed by atoms with Crippen LogP contribution in [0.4, 0.5) is 5.69 Å². The number of aromatic amines is 2. The van der Waals surface area contributed by atoms with E-state index in [4.69, 9.17) is 0 Å². The summed E-state index contributed by atoms with van der Waals surface area (Å²) in [5.74, 6) is -0.363. The van der Waals surface area contributed by atoms with Gasteiger partial charge in [0, 0.05) is 21.5 Å². The van der Waals surface area contributed by atoms with Crippen molar-refractivity contribution in [2.75, 3.05) is 5.32 Å². The van der Waals surface area contributed by atoms with Crippen molar-refractivity contribution < 1.29 is 4.79 Å². The van der Waals surface area contributed by atoms with Crippen molar-refractivity contribution >= 4 is 55.5 Å². The second kappa shape index (κ2) is 6.83. The molecule has 4 heterocycles. The van der Waals surface area contributed by atoms with E-state index in [2.05, 4.69) is 20.3 Å². The molecule has 0 saturated heterocycles. The number of hydrogen-bond acceptors (Lipinski definition) is 6. The first-order chi connectivity index (χ1) is 14.1. The summed E-state index contributed by atoms with van der Waals surface area (Å²) in [6.07, 6.45) is 1.39. The molecule has 1 amide bonds. The van der Waals surface area contributed by atoms with Gasteiger partial charge in [-0.3, -0.25) is 14.2 Å². The number of hydrogen-bond donors (Lipinski definition) is 3. The molecule has 8 nitrogen and oxygen atoms in total. The van der Waals surface area contributed by atoms with Crippen LogP contribution in [-0.4, -0.2) is 25.4 Å². The minimum Gasteiger partial charge on any atom is -0.324 e. The topological polar surface area (TPSA) is 113 Å². The van der Waals surface area contributed by atoms with Crippen molar-refractivity contribution in [3.63, 3.8) is 0 Å². The Morgan fingerprint density at radius 1 is 1.14 bits per heavy atom. The monoisotopic (exact) mass is 423 g/mol. The van der Waals surface area contributed by atoms with Crippen LogP contribution < -0.4 is 16.6 Å². The molecule has 3 N–H and O–H groups in total. The number of H-pyrrole nitrogens is 2. The lowest BCUT2D eigenvalue weighted by Gasteiger charge is -2.08. The Bertz CT molecular complexity index is 1470. The first kappa shape index (κ1) is 17.6. The third kappa shape index (κ3) is 3.18. The van der Waals surface area contributed by atoms with Crippen molar-refractivity contribution in [1.29, 1.82) is 0 Å². The fourth-order valence-corrected chi connectivity index (χ4v) is 4.88. The molecule has 0 atom stereocenters. The Kier molecular flexibility index (Phi) is 4.14. The van der Waals surface area contributed by atoms with Crippen molar-refractivity contribution in [3.05, 3.63) is 68.3 Å². The van der Waals surface area contributed by atoms with Gasteiger partial charge in [-0.05, 0) is 29.6 Å². The standard InChI is InChI=1S/C19H13N5O3S2/c25-15(21-10-3-4-12-13(6-10)23-19(27)22-12)7-24-9-20-17-16(18(24)26)11(8-29-17)14-2-1-5-28-14/h1-6,8-9H,7H2,(H,21,25)(H2,22,23,27). The number of thiophene rings is 2. The van der Waals surface area contributed by atoms with Gasteiger partial charge >= 0.3 is 5.69 Å². The number of nitrogens with one attached hydrogen (secondary N) is 3. The summed E-state index contributed by atoms with van der Waals surface area (Å²) in [6, 6.07) is 8.92. The summed E-state index contributed by atoms with van der Waals surface area (Å²) in [4.78, 5) is 48.1. The third-order valence-electron chi connectivity index (χ3n) is 4.46. The van der Waals surface area contributed by atoms with Gasteiger partial charge in [-0.2, -0.15) is 0 Å². The molecule has 0 saturated carbocycles. The van der Waals surface area contributed by atoms with Crippen molar-refractivity contribution in [2.45, 2.75) is 6.54 Å². The maximum atomic E-state index is 13.0. The van der Waals surface area contributed by atoms with E-state index in [0.29, 0.717) is 26.9 Å². The van der Waals surface area contributed by atoms with Gasteiger partial charge in [0.15, 0.2) is 0 Å². The van der Waals surface area contributed by atoms with Crippen LogP contribution in [0.3, 0.4) is 0 Å². The lowest BCUT2D eigenvalue weighted by Crippen LogP contribution is -2.27. The van der Waals surface area contributed by atoms with Crippen molar-refractivity contribution in [2.24, 2.45) is 0 Å². The van der Waals surface area contributed by atoms with Gasteiger partial charge in [0.1, 0.15) is 11.4 Å². The zero-order valence-corrected chi connectivity index (χ0v) is 16.4. The smallest absolute Gasteiger partial charge is 0.323 e. The first-order valence-corrected chi connectivity index (χ1v) is 10.4. The maximum absolute atomic E-state index is 13.0. The number of carbonyl (C=O) groups is 1. The summed E-state index contributed by atoms with van der Waals surface area (Å²) < 4.78 is 1.30. The fraction of sp³-hybridized carbons (Fsp3) is 0.0526. The highest BCUT2D eigenvalue weighted by Crippen LogP contribution is 2.33. The Balaban J connectivity index is 1.44. The van der Waals surface area contributed by atoms with Crippen LogP contribution in [-0.2, 0) is 11.3 Å². The molecule has 0 fully saturated rings. The van der Waals surface area contributed by atoms with Gasteiger partial charge in [-0.15, -0.1) is 22.7 Å². The molecular formula is C19H13N5O3S2. The van der Waals surface area contributed by atoms with Gasteiger partial charge < -0.3 is 15.3 Å². The molecule has 10 heteroatoms. The average molecular weight is 423 g/mol. The summed E-state index contributed by atoms with van der Waals surface area (Å²) in [7, 11) is 0. The molecule has 0 bridgehead atoms. The van der Waals surface area contributed by atoms with E-state index in [9.17, 15) is 14.4 Å². The molecule has 144 valence electrons. The quantitative estimate of drug-likeness (QED) is 0.412. The van der Waals surface area contributed by atoms with Gasteiger partial charge in [-0.1, -0.05) is 6.07 Å². The number of benzene rings is 1. The van der Waals surface area contributed by atoms with Gasteiger partial charge in [0.25, 0.3) is 5.56 Å². The van der Waals surface area contributed by atoms with Crippen LogP contribution in [0.15, 0.2) is 57.0 Å². The van der Waals surface area contributed by atoms with E-state index in [1.54, 1.807) is 29.5 Å². The summed E-state index contributed by atoms with van der Waals surface area (Å²) in [5, 5.41) is 7.15. The Hall–Kier alpha value is -3.50. The number of anilines is 1. The lowest BCUT2D eigenvalue weighted by atomic mass is 10.2. The lowest BCUT2D eigenvalue weighted by molar-refractivity contribution is -0.116. The van der Waals surface area contributed by atoms with Gasteiger partial charge in [-0.25, -0.2) is 9.78 Å². The van der Waals surface area contributed by atoms with Crippen LogP contribution in [0.1, 0.15) is 0 Å². The molecule has 1 aromatic carbocycles. The number of nitrogens with zero attached hydrogens (tertiary/aromatic N) is 2. The fourth-order valence-electron chi connectivity index (χ4n) is 3.16. The average Bonchev–Trinajstić information content (AvgIpc) is 3.41. The summed E-state index contributed by atoms with van der Waals surface area (Å²) in [6.45, 7) is -0.163. The van der Waals surface area contributed by atoms with E-state index < -0.39 is 0 Å². The molecule has 0 unspecified atom stereocenters. The van der Waals surface area contributed by atoms with E-state index in [0.717, 1.165) is 10.4 Å². The Morgan fingerprint density at radius 2 is 2.00 bits per heavy atom. The molecule has 29 heavy (non-hydrogen) atoms. The number of amides is 1. The number of aromatic nitrogens is 4. The van der Waals surface area contributed by atoms with E-state index in [1.165, 1.54) is 22.2 Å². The molecule has 0 aliphatic carbocycles. The molecule has 4 aromatic heterocycles. The van der Waals surface area contributed by atoms with Crippen LogP contribution in [0.25, 0.3) is 31.7 Å². The molecule has 5 rings (SSSR count). The Morgan fingerprint density at radius 3 is 2.83 bits per heavy atom.